The fourth-order valence-electron chi connectivity index (χ4n) is 2.49. The minimum Gasteiger partial charge on any atom is -0.326 e. The van der Waals surface area contributed by atoms with E-state index in [-0.39, 0.29) is 11.8 Å². The van der Waals surface area contributed by atoms with Gasteiger partial charge in [0.05, 0.1) is 10.2 Å². The normalized spacial score (nSPS) is 10.7. The molecule has 3 aromatic rings. The van der Waals surface area contributed by atoms with Crippen LogP contribution >= 0.6 is 11.3 Å². The molecule has 0 aliphatic carbocycles. The summed E-state index contributed by atoms with van der Waals surface area (Å²) in [6.45, 7) is 4.04. The Hall–Kier alpha value is -2.73. The van der Waals surface area contributed by atoms with E-state index in [1.165, 1.54) is 11.3 Å². The smallest absolute Gasteiger partial charge is 0.257 e. The third-order valence-electron chi connectivity index (χ3n) is 3.96. The molecule has 134 valence electrons. The van der Waals surface area contributed by atoms with Gasteiger partial charge in [0.2, 0.25) is 5.91 Å². The van der Waals surface area contributed by atoms with E-state index in [1.54, 1.807) is 12.1 Å². The number of carbonyl (C=O) groups excluding carboxylic acids is 2. The Kier molecular flexibility index (Phi) is 5.63. The highest BCUT2D eigenvalue weighted by atomic mass is 32.1. The lowest BCUT2D eigenvalue weighted by Crippen LogP contribution is -2.11. The zero-order valence-corrected chi connectivity index (χ0v) is 15.7. The van der Waals surface area contributed by atoms with Gasteiger partial charge in [0.25, 0.3) is 5.91 Å². The molecule has 0 saturated carbocycles. The van der Waals surface area contributed by atoms with E-state index >= 15 is 0 Å². The van der Waals surface area contributed by atoms with E-state index < -0.39 is 0 Å². The Labute approximate surface area is 156 Å². The van der Waals surface area contributed by atoms with Crippen LogP contribution in [0.2, 0.25) is 0 Å². The van der Waals surface area contributed by atoms with Gasteiger partial charge in [-0.05, 0) is 43.7 Å². The zero-order valence-electron chi connectivity index (χ0n) is 14.8. The third kappa shape index (κ3) is 4.46. The summed E-state index contributed by atoms with van der Waals surface area (Å²) in [7, 11) is 0. The van der Waals surface area contributed by atoms with Crippen molar-refractivity contribution in [3.05, 3.63) is 53.6 Å². The lowest BCUT2D eigenvalue weighted by Gasteiger charge is -2.04. The number of nitrogens with zero attached hydrogens (tertiary/aromatic N) is 1. The Bertz CT molecular complexity index is 932. The van der Waals surface area contributed by atoms with Crippen LogP contribution < -0.4 is 10.6 Å². The van der Waals surface area contributed by atoms with Crippen molar-refractivity contribution in [3.8, 4) is 0 Å². The molecular weight excluding hydrogens is 346 g/mol. The van der Waals surface area contributed by atoms with Gasteiger partial charge < -0.3 is 5.32 Å². The highest BCUT2D eigenvalue weighted by Crippen LogP contribution is 2.28. The summed E-state index contributed by atoms with van der Waals surface area (Å²) in [6.07, 6.45) is 2.38. The Morgan fingerprint density at radius 2 is 1.85 bits per heavy atom. The number of amides is 2. The second-order valence-electron chi connectivity index (χ2n) is 6.17. The van der Waals surface area contributed by atoms with Crippen molar-refractivity contribution in [1.82, 2.24) is 4.98 Å². The number of thiazole rings is 1. The monoisotopic (exact) mass is 367 g/mol. The third-order valence-corrected chi connectivity index (χ3v) is 4.91. The first-order valence-electron chi connectivity index (χ1n) is 8.63. The molecule has 0 fully saturated rings. The molecular formula is C20H21N3O2S. The molecule has 2 N–H and O–H groups in total. The maximum Gasteiger partial charge on any atom is 0.257 e. The molecule has 2 amide bonds. The Morgan fingerprint density at radius 3 is 2.58 bits per heavy atom. The van der Waals surface area contributed by atoms with E-state index in [0.717, 1.165) is 34.3 Å². The largest absolute Gasteiger partial charge is 0.326 e. The standard InChI is InChI=1S/C20H21N3O2S/c1-3-4-5-18(24)21-15-10-11-17-16(12-15)22-20(26-17)23-19(25)14-8-6-13(2)7-9-14/h6-12H,3-5H2,1-2H3,(H,21,24)(H,22,23,25). The van der Waals surface area contributed by atoms with Crippen molar-refractivity contribution in [2.24, 2.45) is 0 Å². The van der Waals surface area contributed by atoms with Gasteiger partial charge in [-0.2, -0.15) is 0 Å². The van der Waals surface area contributed by atoms with Crippen molar-refractivity contribution in [2.75, 3.05) is 10.6 Å². The van der Waals surface area contributed by atoms with Gasteiger partial charge in [0, 0.05) is 17.7 Å². The number of unbranched alkanes of at least 4 members (excludes halogenated alkanes) is 1. The van der Waals surface area contributed by atoms with Gasteiger partial charge in [-0.15, -0.1) is 0 Å². The molecule has 1 aromatic heterocycles. The fraction of sp³-hybridized carbons (Fsp3) is 0.250. The number of aryl methyl sites for hydroxylation is 1. The highest BCUT2D eigenvalue weighted by Gasteiger charge is 2.11. The van der Waals surface area contributed by atoms with E-state index in [2.05, 4.69) is 22.5 Å². The molecule has 0 saturated heterocycles. The summed E-state index contributed by atoms with van der Waals surface area (Å²) in [4.78, 5) is 28.6. The predicted molar refractivity (Wildman–Crippen MR) is 107 cm³/mol. The first kappa shape index (κ1) is 18.1. The lowest BCUT2D eigenvalue weighted by molar-refractivity contribution is -0.116. The first-order valence-corrected chi connectivity index (χ1v) is 9.45. The summed E-state index contributed by atoms with van der Waals surface area (Å²) in [6, 6.07) is 13.0. The van der Waals surface area contributed by atoms with Gasteiger partial charge in [-0.3, -0.25) is 14.9 Å². The highest BCUT2D eigenvalue weighted by molar-refractivity contribution is 7.22. The number of rotatable bonds is 6. The molecule has 26 heavy (non-hydrogen) atoms. The molecule has 0 atom stereocenters. The van der Waals surface area contributed by atoms with Crippen LogP contribution in [-0.2, 0) is 4.79 Å². The van der Waals surface area contributed by atoms with Crippen LogP contribution in [0.5, 0.6) is 0 Å². The van der Waals surface area contributed by atoms with Crippen LogP contribution in [0.1, 0.15) is 42.1 Å². The molecule has 3 rings (SSSR count). The maximum absolute atomic E-state index is 12.3. The van der Waals surface area contributed by atoms with Crippen LogP contribution in [-0.4, -0.2) is 16.8 Å². The number of anilines is 2. The molecule has 0 unspecified atom stereocenters. The number of fused-ring (bicyclic) bond motifs is 1. The molecule has 5 nitrogen and oxygen atoms in total. The van der Waals surface area contributed by atoms with Gasteiger partial charge in [0.15, 0.2) is 5.13 Å². The summed E-state index contributed by atoms with van der Waals surface area (Å²) in [5, 5.41) is 6.27. The second-order valence-corrected chi connectivity index (χ2v) is 7.20. The van der Waals surface area contributed by atoms with E-state index in [1.807, 2.05) is 37.3 Å². The van der Waals surface area contributed by atoms with Crippen LogP contribution in [0.3, 0.4) is 0 Å². The van der Waals surface area contributed by atoms with Crippen LogP contribution in [0.25, 0.3) is 10.2 Å². The fourth-order valence-corrected chi connectivity index (χ4v) is 3.33. The van der Waals surface area contributed by atoms with Crippen LogP contribution in [0.15, 0.2) is 42.5 Å². The van der Waals surface area contributed by atoms with Crippen molar-refractivity contribution < 1.29 is 9.59 Å². The van der Waals surface area contributed by atoms with Gasteiger partial charge in [-0.1, -0.05) is 42.4 Å². The summed E-state index contributed by atoms with van der Waals surface area (Å²) in [5.74, 6) is -0.175. The average Bonchev–Trinajstić information content (AvgIpc) is 3.02. The first-order chi connectivity index (χ1) is 12.5. The minimum absolute atomic E-state index is 0.00864. The number of hydrogen-bond donors (Lipinski definition) is 2. The summed E-state index contributed by atoms with van der Waals surface area (Å²) >= 11 is 1.41. The zero-order chi connectivity index (χ0) is 18.5. The number of nitrogens with one attached hydrogen (secondary N) is 2. The molecule has 1 heterocycles. The minimum atomic E-state index is -0.183. The second kappa shape index (κ2) is 8.10. The molecule has 6 heteroatoms. The molecule has 0 radical (unpaired) electrons. The molecule has 0 bridgehead atoms. The number of benzene rings is 2. The van der Waals surface area contributed by atoms with Crippen LogP contribution in [0.4, 0.5) is 10.8 Å². The molecule has 0 spiro atoms. The Balaban J connectivity index is 1.71. The van der Waals surface area contributed by atoms with Crippen molar-refractivity contribution in [2.45, 2.75) is 33.1 Å². The van der Waals surface area contributed by atoms with E-state index in [9.17, 15) is 9.59 Å². The number of carbonyl (C=O) groups is 2. The summed E-state index contributed by atoms with van der Waals surface area (Å²) < 4.78 is 0.954. The lowest BCUT2D eigenvalue weighted by atomic mass is 10.1. The molecule has 0 aliphatic rings. The Morgan fingerprint density at radius 1 is 1.08 bits per heavy atom. The van der Waals surface area contributed by atoms with Crippen molar-refractivity contribution >= 4 is 44.2 Å². The SMILES string of the molecule is CCCCC(=O)Nc1ccc2sc(NC(=O)c3ccc(C)cc3)nc2c1. The van der Waals surface area contributed by atoms with E-state index in [4.69, 9.17) is 0 Å². The maximum atomic E-state index is 12.3. The van der Waals surface area contributed by atoms with Gasteiger partial charge >= 0.3 is 0 Å². The van der Waals surface area contributed by atoms with Crippen LogP contribution in [0, 0.1) is 6.92 Å². The number of aromatic nitrogens is 1. The average molecular weight is 367 g/mol. The quantitative estimate of drug-likeness (QED) is 0.645. The van der Waals surface area contributed by atoms with Crippen molar-refractivity contribution in [3.63, 3.8) is 0 Å². The molecule has 2 aromatic carbocycles. The van der Waals surface area contributed by atoms with Gasteiger partial charge in [0.1, 0.15) is 0 Å². The topological polar surface area (TPSA) is 71.1 Å². The summed E-state index contributed by atoms with van der Waals surface area (Å²) in [5.41, 5.74) is 3.18. The van der Waals surface area contributed by atoms with Gasteiger partial charge in [-0.25, -0.2) is 4.98 Å². The predicted octanol–water partition coefficient (Wildman–Crippen LogP) is 4.99. The van der Waals surface area contributed by atoms with E-state index in [0.29, 0.717) is 17.1 Å². The number of hydrogen-bond acceptors (Lipinski definition) is 4. The molecule has 0 aliphatic heterocycles. The van der Waals surface area contributed by atoms with Crippen molar-refractivity contribution in [1.29, 1.82) is 0 Å².